The van der Waals surface area contributed by atoms with E-state index in [1.165, 1.54) is 41.3 Å². The normalized spacial score (nSPS) is 11.6. The summed E-state index contributed by atoms with van der Waals surface area (Å²) in [5, 5.41) is 9.69. The minimum absolute atomic E-state index is 0.0684. The quantitative estimate of drug-likeness (QED) is 0.159. The highest BCUT2D eigenvalue weighted by atomic mass is 32.2. The summed E-state index contributed by atoms with van der Waals surface area (Å²) in [6.07, 6.45) is 0.681. The third-order valence-corrected chi connectivity index (χ3v) is 4.73. The predicted molar refractivity (Wildman–Crippen MR) is 99.6 cm³/mol. The molecule has 2 aromatic carbocycles. The summed E-state index contributed by atoms with van der Waals surface area (Å²) in [6, 6.07) is 10.6. The van der Waals surface area contributed by atoms with Crippen LogP contribution in [0.3, 0.4) is 0 Å². The number of guanidine groups is 1. The fourth-order valence-electron chi connectivity index (χ4n) is 1.85. The molecule has 28 heavy (non-hydrogen) atoms. The van der Waals surface area contributed by atoms with Crippen molar-refractivity contribution in [1.82, 2.24) is 4.89 Å². The SMILES string of the molecule is CS(=O)(=O)ONS(=O)(=O)c1ccc(OC(=O)c2ccc(NC(=N)N)cc2)cc1. The van der Waals surface area contributed by atoms with Crippen molar-refractivity contribution in [2.75, 3.05) is 11.6 Å². The van der Waals surface area contributed by atoms with E-state index in [1.54, 1.807) is 0 Å². The maximum absolute atomic E-state index is 12.1. The summed E-state index contributed by atoms with van der Waals surface area (Å²) >= 11 is 0. The van der Waals surface area contributed by atoms with Crippen molar-refractivity contribution in [2.24, 2.45) is 5.73 Å². The molecule has 0 amide bonds. The van der Waals surface area contributed by atoms with Gasteiger partial charge in [0.1, 0.15) is 5.75 Å². The van der Waals surface area contributed by atoms with E-state index in [2.05, 4.69) is 9.60 Å². The third kappa shape index (κ3) is 6.31. The zero-order valence-corrected chi connectivity index (χ0v) is 16.0. The van der Waals surface area contributed by atoms with Crippen LogP contribution in [0.25, 0.3) is 0 Å². The highest BCUT2D eigenvalue weighted by molar-refractivity contribution is 7.90. The van der Waals surface area contributed by atoms with Crippen molar-refractivity contribution in [3.63, 3.8) is 0 Å². The fourth-order valence-corrected chi connectivity index (χ4v) is 3.30. The molecule has 0 aromatic heterocycles. The molecule has 0 spiro atoms. The standard InChI is InChI=1S/C15H16N4O7S2/c1-27(21,22)26-19-28(23,24)13-8-6-12(7-9-13)25-14(20)10-2-4-11(5-3-10)18-15(16)17/h2-9,19H,1H3,(H4,16,17,18). The van der Waals surface area contributed by atoms with E-state index in [0.717, 1.165) is 12.1 Å². The van der Waals surface area contributed by atoms with Gasteiger partial charge in [-0.3, -0.25) is 5.41 Å². The van der Waals surface area contributed by atoms with Gasteiger partial charge < -0.3 is 15.8 Å². The van der Waals surface area contributed by atoms with Gasteiger partial charge in [0.25, 0.3) is 20.1 Å². The minimum atomic E-state index is -4.23. The van der Waals surface area contributed by atoms with E-state index in [9.17, 15) is 21.6 Å². The van der Waals surface area contributed by atoms with Crippen LogP contribution in [0, 0.1) is 5.41 Å². The second kappa shape index (κ2) is 8.35. The van der Waals surface area contributed by atoms with E-state index >= 15 is 0 Å². The number of carbonyl (C=O) groups excluding carboxylic acids is 1. The first-order chi connectivity index (χ1) is 13.0. The summed E-state index contributed by atoms with van der Waals surface area (Å²) in [6.45, 7) is 0. The van der Waals surface area contributed by atoms with Gasteiger partial charge in [-0.05, 0) is 48.5 Å². The Morgan fingerprint density at radius 2 is 1.57 bits per heavy atom. The molecule has 5 N–H and O–H groups in total. The number of hydrogen-bond donors (Lipinski definition) is 4. The van der Waals surface area contributed by atoms with E-state index < -0.39 is 26.1 Å². The number of carbonyl (C=O) groups is 1. The van der Waals surface area contributed by atoms with Crippen molar-refractivity contribution < 1.29 is 30.7 Å². The zero-order chi connectivity index (χ0) is 20.9. The van der Waals surface area contributed by atoms with Gasteiger partial charge in [-0.15, -0.1) is 0 Å². The summed E-state index contributed by atoms with van der Waals surface area (Å²) in [4.78, 5) is 13.3. The molecule has 0 heterocycles. The van der Waals surface area contributed by atoms with Crippen molar-refractivity contribution in [1.29, 1.82) is 5.41 Å². The minimum Gasteiger partial charge on any atom is -0.423 e. The number of nitrogens with one attached hydrogen (secondary N) is 3. The molecule has 11 nitrogen and oxygen atoms in total. The van der Waals surface area contributed by atoms with Crippen LogP contribution in [0.1, 0.15) is 10.4 Å². The Labute approximate surface area is 161 Å². The lowest BCUT2D eigenvalue weighted by Gasteiger charge is -2.08. The summed E-state index contributed by atoms with van der Waals surface area (Å²) in [7, 11) is -8.24. The van der Waals surface area contributed by atoms with Crippen LogP contribution in [0.15, 0.2) is 53.4 Å². The molecule has 0 saturated carbocycles. The number of benzene rings is 2. The average Bonchev–Trinajstić information content (AvgIpc) is 2.60. The highest BCUT2D eigenvalue weighted by Gasteiger charge is 2.17. The van der Waals surface area contributed by atoms with Crippen molar-refractivity contribution >= 4 is 37.8 Å². The Balaban J connectivity index is 2.05. The molecule has 0 atom stereocenters. The molecule has 0 radical (unpaired) electrons. The van der Waals surface area contributed by atoms with Gasteiger partial charge in [-0.2, -0.15) is 12.7 Å². The number of rotatable bonds is 7. The van der Waals surface area contributed by atoms with Gasteiger partial charge in [0.15, 0.2) is 5.96 Å². The maximum Gasteiger partial charge on any atom is 0.343 e. The lowest BCUT2D eigenvalue weighted by atomic mass is 10.2. The number of hydrogen-bond acceptors (Lipinski definition) is 8. The van der Waals surface area contributed by atoms with E-state index in [0.29, 0.717) is 11.9 Å². The molecule has 2 rings (SSSR count). The molecule has 0 aliphatic heterocycles. The monoisotopic (exact) mass is 428 g/mol. The molecular formula is C15H16N4O7S2. The van der Waals surface area contributed by atoms with Crippen LogP contribution in [-0.2, 0) is 24.4 Å². The third-order valence-electron chi connectivity index (χ3n) is 3.04. The fraction of sp³-hybridized carbons (Fsp3) is 0.0667. The lowest BCUT2D eigenvalue weighted by molar-refractivity contribution is 0.0734. The van der Waals surface area contributed by atoms with Gasteiger partial charge in [0, 0.05) is 5.69 Å². The molecule has 2 aromatic rings. The molecule has 0 aliphatic carbocycles. The number of anilines is 1. The molecular weight excluding hydrogens is 412 g/mol. The van der Waals surface area contributed by atoms with Crippen LogP contribution in [0.2, 0.25) is 0 Å². The molecule has 0 unspecified atom stereocenters. The van der Waals surface area contributed by atoms with Gasteiger partial charge >= 0.3 is 5.97 Å². The Kier molecular flexibility index (Phi) is 6.35. The number of nitrogens with two attached hydrogens (primary N) is 1. The Hall–Kier alpha value is -3.00. The number of esters is 1. The van der Waals surface area contributed by atoms with Crippen molar-refractivity contribution in [3.8, 4) is 5.75 Å². The topological polar surface area (TPSA) is 178 Å². The largest absolute Gasteiger partial charge is 0.423 e. The van der Waals surface area contributed by atoms with Gasteiger partial charge in [0.05, 0.1) is 16.7 Å². The molecule has 0 fully saturated rings. The Morgan fingerprint density at radius 3 is 2.07 bits per heavy atom. The first kappa shape index (κ1) is 21.3. The van der Waals surface area contributed by atoms with E-state index in [4.69, 9.17) is 15.9 Å². The van der Waals surface area contributed by atoms with Crippen LogP contribution in [-0.4, -0.2) is 35.0 Å². The Morgan fingerprint density at radius 1 is 1.00 bits per heavy atom. The van der Waals surface area contributed by atoms with Gasteiger partial charge in [-0.25, -0.2) is 13.2 Å². The van der Waals surface area contributed by atoms with Crippen LogP contribution < -0.4 is 20.7 Å². The lowest BCUT2D eigenvalue weighted by Crippen LogP contribution is -2.26. The van der Waals surface area contributed by atoms with Gasteiger partial charge in [-0.1, -0.05) is 4.89 Å². The van der Waals surface area contributed by atoms with Crippen molar-refractivity contribution in [3.05, 3.63) is 54.1 Å². The second-order valence-corrected chi connectivity index (χ2v) is 8.57. The first-order valence-corrected chi connectivity index (χ1v) is 10.7. The second-order valence-electron chi connectivity index (χ2n) is 5.35. The van der Waals surface area contributed by atoms with Crippen molar-refractivity contribution in [2.45, 2.75) is 4.90 Å². The summed E-state index contributed by atoms with van der Waals surface area (Å²) in [5.74, 6) is -0.871. The summed E-state index contributed by atoms with van der Waals surface area (Å²) < 4.78 is 54.7. The predicted octanol–water partition coefficient (Wildman–Crippen LogP) is 0.381. The Bertz CT molecular complexity index is 1080. The van der Waals surface area contributed by atoms with Crippen LogP contribution in [0.5, 0.6) is 5.75 Å². The maximum atomic E-state index is 12.1. The highest BCUT2D eigenvalue weighted by Crippen LogP contribution is 2.18. The molecule has 13 heteroatoms. The van der Waals surface area contributed by atoms with Gasteiger partial charge in [0.2, 0.25) is 0 Å². The van der Waals surface area contributed by atoms with E-state index in [-0.39, 0.29) is 22.2 Å². The zero-order valence-electron chi connectivity index (χ0n) is 14.4. The van der Waals surface area contributed by atoms with Crippen LogP contribution >= 0.6 is 0 Å². The number of sulfonamides is 1. The molecule has 0 aliphatic rings. The molecule has 0 bridgehead atoms. The van der Waals surface area contributed by atoms with E-state index in [1.807, 2.05) is 0 Å². The summed E-state index contributed by atoms with van der Waals surface area (Å²) in [5.41, 5.74) is 5.94. The number of ether oxygens (including phenoxy) is 1. The molecule has 0 saturated heterocycles. The van der Waals surface area contributed by atoms with Crippen LogP contribution in [0.4, 0.5) is 5.69 Å². The first-order valence-electron chi connectivity index (χ1n) is 7.40. The molecule has 150 valence electrons. The average molecular weight is 428 g/mol. The smallest absolute Gasteiger partial charge is 0.343 e.